The van der Waals surface area contributed by atoms with Gasteiger partial charge >= 0.3 is 11.9 Å². The van der Waals surface area contributed by atoms with Crippen LogP contribution in [0, 0.1) is 5.92 Å². The van der Waals surface area contributed by atoms with Crippen LogP contribution >= 0.6 is 0 Å². The van der Waals surface area contributed by atoms with Gasteiger partial charge in [-0.25, -0.2) is 4.79 Å². The zero-order chi connectivity index (χ0) is 52.7. The van der Waals surface area contributed by atoms with Crippen molar-refractivity contribution in [1.82, 2.24) is 42.5 Å². The number of amides is 10. The van der Waals surface area contributed by atoms with E-state index >= 15 is 0 Å². The third-order valence-corrected chi connectivity index (χ3v) is 9.83. The van der Waals surface area contributed by atoms with Gasteiger partial charge in [0.15, 0.2) is 0 Å². The van der Waals surface area contributed by atoms with E-state index in [1.54, 1.807) is 13.8 Å². The largest absolute Gasteiger partial charge is 0.508 e. The van der Waals surface area contributed by atoms with Crippen molar-refractivity contribution in [3.63, 3.8) is 0 Å². The number of aliphatic hydroxyl groups excluding tert-OH is 2. The standard InChI is InChI=1S/C41H63N11O17/c1-18(2)13-27(41(68)69)50-34(61)20(4)45-33(60)19(3)46-39(66)28(16-53)52-37(64)25(14-21-5-7-22(55)8-6-21)48-38(65)26(15-32(58)59)49-40(67)29(17-54)51-36(63)24(10-12-31(44)57)47-35(62)23(42)9-11-30(43)56/h5-8,18-20,23-29,53-55H,9-17,42H2,1-4H3,(H2,43,56)(H2,44,57)(H,45,60)(H,46,66)(H,47,62)(H,48,65)(H,49,67)(H,50,61)(H,51,63)(H,52,64)(H,58,59)(H,68,69)/t19-,20-,23-,24-,25-,26-,27-,28-,29-/m0/s1. The maximum absolute atomic E-state index is 13.8. The average molecular weight is 982 g/mol. The van der Waals surface area contributed by atoms with Gasteiger partial charge in [0.25, 0.3) is 0 Å². The first-order valence-corrected chi connectivity index (χ1v) is 21.4. The van der Waals surface area contributed by atoms with Crippen molar-refractivity contribution in [2.75, 3.05) is 13.2 Å². The first-order chi connectivity index (χ1) is 32.2. The van der Waals surface area contributed by atoms with Gasteiger partial charge in [-0.05, 0) is 56.7 Å². The lowest BCUT2D eigenvalue weighted by molar-refractivity contribution is -0.142. The Hall–Kier alpha value is -7.46. The summed E-state index contributed by atoms with van der Waals surface area (Å²) in [5, 5.41) is 66.7. The fraction of sp³-hybridized carbons (Fsp3) is 0.561. The molecule has 1 aromatic carbocycles. The van der Waals surface area contributed by atoms with E-state index in [1.807, 2.05) is 5.32 Å². The number of nitrogens with one attached hydrogen (secondary N) is 8. The Bertz CT molecular complexity index is 2020. The van der Waals surface area contributed by atoms with Crippen LogP contribution in [0.1, 0.15) is 71.8 Å². The summed E-state index contributed by atoms with van der Waals surface area (Å²) in [4.78, 5) is 152. The van der Waals surface area contributed by atoms with Crippen molar-refractivity contribution in [2.45, 2.75) is 127 Å². The molecule has 384 valence electrons. The van der Waals surface area contributed by atoms with Crippen molar-refractivity contribution in [3.8, 4) is 5.75 Å². The normalized spacial score (nSPS) is 14.8. The lowest BCUT2D eigenvalue weighted by Crippen LogP contribution is -2.61. The number of nitrogens with two attached hydrogens (primary N) is 3. The number of hydrogen-bond acceptors (Lipinski definition) is 16. The smallest absolute Gasteiger partial charge is 0.326 e. The van der Waals surface area contributed by atoms with Crippen LogP contribution in [0.25, 0.3) is 0 Å². The fourth-order valence-electron chi connectivity index (χ4n) is 5.97. The predicted molar refractivity (Wildman–Crippen MR) is 237 cm³/mol. The van der Waals surface area contributed by atoms with Crippen molar-refractivity contribution in [2.24, 2.45) is 23.1 Å². The summed E-state index contributed by atoms with van der Waals surface area (Å²) in [5.74, 6) is -13.8. The number of aliphatic hydroxyl groups is 2. The molecule has 1 rings (SSSR count). The molecule has 0 radical (unpaired) electrons. The summed E-state index contributed by atoms with van der Waals surface area (Å²) in [6.45, 7) is 3.68. The Morgan fingerprint density at radius 1 is 0.507 bits per heavy atom. The molecule has 0 bridgehead atoms. The Kier molecular flexibility index (Phi) is 25.3. The molecule has 0 saturated carbocycles. The van der Waals surface area contributed by atoms with Crippen LogP contribution in [0.3, 0.4) is 0 Å². The van der Waals surface area contributed by atoms with Gasteiger partial charge < -0.3 is 85.3 Å². The first kappa shape index (κ1) is 59.6. The lowest BCUT2D eigenvalue weighted by atomic mass is 10.0. The highest BCUT2D eigenvalue weighted by Crippen LogP contribution is 2.13. The number of rotatable bonds is 31. The number of benzene rings is 1. The molecule has 10 amide bonds. The molecule has 1 aromatic rings. The second-order valence-electron chi connectivity index (χ2n) is 16.2. The van der Waals surface area contributed by atoms with E-state index in [0.29, 0.717) is 0 Å². The summed E-state index contributed by atoms with van der Waals surface area (Å²) >= 11 is 0. The number of carbonyl (C=O) groups is 12. The summed E-state index contributed by atoms with van der Waals surface area (Å²) in [5.41, 5.74) is 16.3. The van der Waals surface area contributed by atoms with Crippen LogP contribution in [0.2, 0.25) is 0 Å². The molecule has 19 N–H and O–H groups in total. The van der Waals surface area contributed by atoms with E-state index in [9.17, 15) is 83.1 Å². The Balaban J connectivity index is 3.28. The van der Waals surface area contributed by atoms with E-state index in [-0.39, 0.29) is 36.5 Å². The second kappa shape index (κ2) is 29.3. The minimum atomic E-state index is -2.05. The maximum atomic E-state index is 13.8. The van der Waals surface area contributed by atoms with Gasteiger partial charge in [-0.1, -0.05) is 26.0 Å². The zero-order valence-electron chi connectivity index (χ0n) is 38.3. The van der Waals surface area contributed by atoms with Crippen molar-refractivity contribution < 1.29 is 83.1 Å². The fourth-order valence-corrected chi connectivity index (χ4v) is 5.97. The molecular formula is C41H63N11O17. The van der Waals surface area contributed by atoms with E-state index < -0.39 is 164 Å². The zero-order valence-corrected chi connectivity index (χ0v) is 38.3. The SMILES string of the molecule is CC(C)C[C@H](NC(=O)[C@H](C)NC(=O)[C@H](C)NC(=O)[C@H](CO)NC(=O)[C@H](Cc1ccc(O)cc1)NC(=O)[C@H](CC(=O)O)NC(=O)[C@H](CO)NC(=O)[C@H](CCC(N)=O)NC(=O)[C@@H](N)CCC(N)=O)C(=O)O. The second-order valence-corrected chi connectivity index (χ2v) is 16.2. The summed E-state index contributed by atoms with van der Waals surface area (Å²) < 4.78 is 0. The van der Waals surface area contributed by atoms with E-state index in [4.69, 9.17) is 17.2 Å². The maximum Gasteiger partial charge on any atom is 0.326 e. The number of primary amides is 2. The van der Waals surface area contributed by atoms with Gasteiger partial charge in [-0.3, -0.25) is 52.7 Å². The van der Waals surface area contributed by atoms with Crippen molar-refractivity contribution in [3.05, 3.63) is 29.8 Å². The molecule has 28 nitrogen and oxygen atoms in total. The first-order valence-electron chi connectivity index (χ1n) is 21.4. The average Bonchev–Trinajstić information content (AvgIpc) is 3.26. The summed E-state index contributed by atoms with van der Waals surface area (Å²) in [7, 11) is 0. The lowest BCUT2D eigenvalue weighted by Gasteiger charge is -2.26. The van der Waals surface area contributed by atoms with E-state index in [0.717, 1.165) is 0 Å². The Morgan fingerprint density at radius 3 is 1.38 bits per heavy atom. The topological polar surface area (TPSA) is 480 Å². The Morgan fingerprint density at radius 2 is 0.899 bits per heavy atom. The highest BCUT2D eigenvalue weighted by Gasteiger charge is 2.35. The number of phenols is 1. The molecule has 0 aliphatic rings. The highest BCUT2D eigenvalue weighted by atomic mass is 16.4. The van der Waals surface area contributed by atoms with Gasteiger partial charge in [0.05, 0.1) is 25.7 Å². The van der Waals surface area contributed by atoms with Crippen LogP contribution in [0.4, 0.5) is 0 Å². The van der Waals surface area contributed by atoms with Crippen LogP contribution in [0.15, 0.2) is 24.3 Å². The van der Waals surface area contributed by atoms with Crippen molar-refractivity contribution in [1.29, 1.82) is 0 Å². The number of phenolic OH excluding ortho intramolecular Hbond substituents is 1. The third kappa shape index (κ3) is 22.3. The van der Waals surface area contributed by atoms with Gasteiger partial charge in [0, 0.05) is 19.3 Å². The Labute approximate surface area is 395 Å². The van der Waals surface area contributed by atoms with Crippen LogP contribution in [-0.2, 0) is 64.0 Å². The number of carboxylic acid groups (broad SMARTS) is 2. The van der Waals surface area contributed by atoms with Crippen LogP contribution < -0.4 is 59.7 Å². The number of carbonyl (C=O) groups excluding carboxylic acids is 10. The summed E-state index contributed by atoms with van der Waals surface area (Å²) in [6.07, 6.45) is -2.91. The predicted octanol–water partition coefficient (Wildman–Crippen LogP) is -6.70. The monoisotopic (exact) mass is 981 g/mol. The third-order valence-electron chi connectivity index (χ3n) is 9.83. The highest BCUT2D eigenvalue weighted by molar-refractivity contribution is 5.99. The molecule has 0 aliphatic carbocycles. The molecule has 69 heavy (non-hydrogen) atoms. The number of aromatic hydroxyl groups is 1. The molecule has 0 saturated heterocycles. The van der Waals surface area contributed by atoms with Gasteiger partial charge in [-0.15, -0.1) is 0 Å². The van der Waals surface area contributed by atoms with Crippen LogP contribution in [-0.4, -0.2) is 164 Å². The number of aliphatic carboxylic acids is 2. The molecule has 28 heteroatoms. The van der Waals surface area contributed by atoms with E-state index in [1.165, 1.54) is 38.1 Å². The molecule has 0 heterocycles. The van der Waals surface area contributed by atoms with E-state index in [2.05, 4.69) is 37.2 Å². The molecule has 9 atom stereocenters. The van der Waals surface area contributed by atoms with Gasteiger partial charge in [-0.2, -0.15) is 0 Å². The van der Waals surface area contributed by atoms with Gasteiger partial charge in [0.1, 0.15) is 54.1 Å². The molecule has 0 fully saturated rings. The minimum absolute atomic E-state index is 0.0936. The summed E-state index contributed by atoms with van der Waals surface area (Å²) in [6, 6.07) is -9.30. The van der Waals surface area contributed by atoms with Crippen LogP contribution in [0.5, 0.6) is 5.75 Å². The van der Waals surface area contributed by atoms with Gasteiger partial charge in [0.2, 0.25) is 59.1 Å². The molecular weight excluding hydrogens is 919 g/mol. The number of hydrogen-bond donors (Lipinski definition) is 16. The molecule has 0 unspecified atom stereocenters. The molecule has 0 aromatic heterocycles. The minimum Gasteiger partial charge on any atom is -0.508 e. The number of carboxylic acids is 2. The van der Waals surface area contributed by atoms with Crippen molar-refractivity contribution >= 4 is 71.0 Å². The molecule has 0 aliphatic heterocycles. The quantitative estimate of drug-likeness (QED) is 0.0329. The molecule has 0 spiro atoms.